The molecule has 17 nitrogen and oxygen atoms in total. The largest absolute Gasteiger partial charge is 0.472 e. The molecule has 0 bridgehead atoms. The molecule has 0 spiro atoms. The van der Waals surface area contributed by atoms with Crippen LogP contribution in [0.25, 0.3) is 0 Å². The van der Waals surface area contributed by atoms with Gasteiger partial charge in [-0.2, -0.15) is 0 Å². The van der Waals surface area contributed by atoms with Crippen LogP contribution in [-0.4, -0.2) is 96.7 Å². The fraction of sp³-hybridized carbons (Fsp3) is 0.956. The maximum atomic E-state index is 13.2. The summed E-state index contributed by atoms with van der Waals surface area (Å²) in [6, 6.07) is 0. The van der Waals surface area contributed by atoms with Crippen LogP contribution >= 0.6 is 15.6 Å². The third kappa shape index (κ3) is 82.4. The summed E-state index contributed by atoms with van der Waals surface area (Å²) in [4.78, 5) is 73.3. The number of phosphoric acid groups is 2. The summed E-state index contributed by atoms with van der Waals surface area (Å²) in [5.41, 5.74) is 0. The number of aliphatic hydroxyl groups excluding tert-OH is 1. The van der Waals surface area contributed by atoms with E-state index in [9.17, 15) is 43.2 Å². The smallest absolute Gasteiger partial charge is 0.462 e. The van der Waals surface area contributed by atoms with Crippen molar-refractivity contribution in [3.63, 3.8) is 0 Å². The minimum absolute atomic E-state index is 0.109. The number of carbonyl (C=O) groups is 4. The molecular weight excluding hydrogens is 1410 g/mol. The van der Waals surface area contributed by atoms with Gasteiger partial charge in [-0.05, 0) is 31.6 Å². The molecule has 3 N–H and O–H groups in total. The van der Waals surface area contributed by atoms with E-state index in [2.05, 4.69) is 34.6 Å². The highest BCUT2D eigenvalue weighted by atomic mass is 31.2. The number of unbranched alkanes of at least 4 members (excludes halogenated alkanes) is 61. The molecule has 0 aromatic carbocycles. The van der Waals surface area contributed by atoms with Crippen LogP contribution in [0.1, 0.15) is 490 Å². The zero-order chi connectivity index (χ0) is 79.7. The first-order chi connectivity index (χ1) is 53.1. The Morgan fingerprint density at radius 3 is 0.651 bits per heavy atom. The molecule has 0 saturated heterocycles. The second kappa shape index (κ2) is 82.6. The third-order valence-electron chi connectivity index (χ3n) is 21.6. The molecule has 0 aromatic rings. The van der Waals surface area contributed by atoms with E-state index in [0.717, 1.165) is 95.8 Å². The first-order valence-electron chi connectivity index (χ1n) is 46.7. The zero-order valence-electron chi connectivity index (χ0n) is 71.7. The van der Waals surface area contributed by atoms with Gasteiger partial charge in [0, 0.05) is 25.7 Å². The SMILES string of the molecule is CCCCCCCCCCCCCCCCCCCCCCCCC(=O)OC[C@H](COP(=O)(O)OC[C@@H](O)COP(=O)(O)OC[C@@H](COC(=O)CCCCCCCCCCCCCC)OC(=O)CCCCCCCCCCCCCCC)OC(=O)CCCCCCCCCCCCCCCCCCCCC(C)CC. The quantitative estimate of drug-likeness (QED) is 0.0222. The Bertz CT molecular complexity index is 2070. The predicted octanol–water partition coefficient (Wildman–Crippen LogP) is 27.9. The van der Waals surface area contributed by atoms with Crippen molar-refractivity contribution in [3.8, 4) is 0 Å². The Hall–Kier alpha value is -1.94. The van der Waals surface area contributed by atoms with Gasteiger partial charge >= 0.3 is 39.5 Å². The van der Waals surface area contributed by atoms with Gasteiger partial charge in [0.15, 0.2) is 12.2 Å². The molecule has 0 radical (unpaired) electrons. The second-order valence-corrected chi connectivity index (χ2v) is 35.5. The number of rotatable bonds is 90. The summed E-state index contributed by atoms with van der Waals surface area (Å²) in [5, 5.41) is 10.7. The number of ether oxygens (including phenoxy) is 4. The van der Waals surface area contributed by atoms with E-state index in [-0.39, 0.29) is 25.7 Å². The molecule has 0 heterocycles. The highest BCUT2D eigenvalue weighted by Gasteiger charge is 2.31. The Morgan fingerprint density at radius 1 is 0.257 bits per heavy atom. The zero-order valence-corrected chi connectivity index (χ0v) is 73.5. The molecule has 0 aliphatic heterocycles. The molecular formula is C90H176O17P2. The van der Waals surface area contributed by atoms with Crippen molar-refractivity contribution in [1.82, 2.24) is 0 Å². The Balaban J connectivity index is 5.21. The minimum atomic E-state index is -4.97. The first-order valence-corrected chi connectivity index (χ1v) is 49.7. The van der Waals surface area contributed by atoms with Gasteiger partial charge in [0.1, 0.15) is 19.3 Å². The molecule has 0 rings (SSSR count). The van der Waals surface area contributed by atoms with Crippen LogP contribution in [0.15, 0.2) is 0 Å². The topological polar surface area (TPSA) is 237 Å². The van der Waals surface area contributed by atoms with Crippen molar-refractivity contribution in [1.29, 1.82) is 0 Å². The van der Waals surface area contributed by atoms with Gasteiger partial charge in [-0.3, -0.25) is 37.3 Å². The molecule has 0 aliphatic rings. The number of aliphatic hydroxyl groups is 1. The Morgan fingerprint density at radius 2 is 0.440 bits per heavy atom. The Labute approximate surface area is 670 Å². The predicted molar refractivity (Wildman–Crippen MR) is 451 cm³/mol. The van der Waals surface area contributed by atoms with Gasteiger partial charge in [-0.15, -0.1) is 0 Å². The van der Waals surface area contributed by atoms with Crippen LogP contribution < -0.4 is 0 Å². The van der Waals surface area contributed by atoms with Crippen molar-refractivity contribution in [2.24, 2.45) is 5.92 Å². The van der Waals surface area contributed by atoms with Crippen LogP contribution in [-0.2, 0) is 65.4 Å². The van der Waals surface area contributed by atoms with Crippen LogP contribution in [0.3, 0.4) is 0 Å². The normalized spacial score (nSPS) is 13.9. The summed E-state index contributed by atoms with van der Waals surface area (Å²) >= 11 is 0. The maximum absolute atomic E-state index is 13.2. The van der Waals surface area contributed by atoms with E-state index in [4.69, 9.17) is 37.0 Å². The number of esters is 4. The van der Waals surface area contributed by atoms with E-state index in [1.807, 2.05) is 0 Å². The fourth-order valence-corrected chi connectivity index (χ4v) is 15.7. The van der Waals surface area contributed by atoms with Crippen molar-refractivity contribution >= 4 is 39.5 Å². The van der Waals surface area contributed by atoms with E-state index < -0.39 is 97.5 Å². The Kier molecular flexibility index (Phi) is 81.1. The number of hydrogen-bond donors (Lipinski definition) is 3. The monoisotopic (exact) mass is 1590 g/mol. The van der Waals surface area contributed by atoms with E-state index in [1.54, 1.807) is 0 Å². The van der Waals surface area contributed by atoms with Crippen LogP contribution in [0.2, 0.25) is 0 Å². The molecule has 0 aromatic heterocycles. The molecule has 0 fully saturated rings. The van der Waals surface area contributed by atoms with E-state index >= 15 is 0 Å². The van der Waals surface area contributed by atoms with Gasteiger partial charge < -0.3 is 33.8 Å². The molecule has 109 heavy (non-hydrogen) atoms. The van der Waals surface area contributed by atoms with Crippen LogP contribution in [0, 0.1) is 5.92 Å². The van der Waals surface area contributed by atoms with Crippen molar-refractivity contribution in [2.75, 3.05) is 39.6 Å². The summed E-state index contributed by atoms with van der Waals surface area (Å²) in [6.07, 6.45) is 77.8. The standard InChI is InChI=1S/C90H176O17P2/c1-6-10-13-16-19-22-25-28-29-30-31-32-33-34-38-41-45-49-54-59-64-69-74-88(93)101-80-86(107-90(95)76-71-66-61-56-51-46-42-39-36-35-37-40-44-47-52-57-62-67-72-83(5)9-4)82-105-109(98,99)103-78-84(91)77-102-108(96,97)104-81-85(79-100-87(92)73-68-63-58-53-48-27-24-21-18-15-12-8-3)106-89(94)75-70-65-60-55-50-43-26-23-20-17-14-11-7-2/h83-86,91H,6-82H2,1-5H3,(H,96,97)(H,98,99)/t83?,84-,85+,86+/m0/s1. The third-order valence-corrected chi connectivity index (χ3v) is 23.5. The molecule has 19 heteroatoms. The molecule has 0 amide bonds. The van der Waals surface area contributed by atoms with Gasteiger partial charge in [0.2, 0.25) is 0 Å². The van der Waals surface area contributed by atoms with Crippen LogP contribution in [0.4, 0.5) is 0 Å². The van der Waals surface area contributed by atoms with Gasteiger partial charge in [0.25, 0.3) is 0 Å². The van der Waals surface area contributed by atoms with Gasteiger partial charge in [-0.25, -0.2) is 9.13 Å². The van der Waals surface area contributed by atoms with Crippen molar-refractivity contribution in [3.05, 3.63) is 0 Å². The molecule has 3 unspecified atom stereocenters. The highest BCUT2D eigenvalue weighted by molar-refractivity contribution is 7.47. The van der Waals surface area contributed by atoms with Gasteiger partial charge in [0.05, 0.1) is 26.4 Å². The fourth-order valence-electron chi connectivity index (χ4n) is 14.1. The number of carbonyl (C=O) groups excluding carboxylic acids is 4. The summed E-state index contributed by atoms with van der Waals surface area (Å²) in [5.74, 6) is -1.22. The first kappa shape index (κ1) is 107. The second-order valence-electron chi connectivity index (χ2n) is 32.6. The molecule has 6 atom stereocenters. The van der Waals surface area contributed by atoms with E-state index in [1.165, 1.54) is 315 Å². The lowest BCUT2D eigenvalue weighted by molar-refractivity contribution is -0.161. The average molecular weight is 1590 g/mol. The number of phosphoric ester groups is 2. The highest BCUT2D eigenvalue weighted by Crippen LogP contribution is 2.45. The molecule has 648 valence electrons. The van der Waals surface area contributed by atoms with Crippen molar-refractivity contribution in [2.45, 2.75) is 509 Å². The van der Waals surface area contributed by atoms with Crippen molar-refractivity contribution < 1.29 is 80.2 Å². The van der Waals surface area contributed by atoms with Crippen LogP contribution in [0.5, 0.6) is 0 Å². The summed E-state index contributed by atoms with van der Waals surface area (Å²) in [6.45, 7) is 7.45. The average Bonchev–Trinajstić information content (AvgIpc) is 0.899. The number of hydrogen-bond acceptors (Lipinski definition) is 15. The molecule has 0 aliphatic carbocycles. The summed E-state index contributed by atoms with van der Waals surface area (Å²) in [7, 11) is -9.93. The van der Waals surface area contributed by atoms with E-state index in [0.29, 0.717) is 25.7 Å². The maximum Gasteiger partial charge on any atom is 0.472 e. The lowest BCUT2D eigenvalue weighted by Gasteiger charge is -2.21. The summed E-state index contributed by atoms with van der Waals surface area (Å²) < 4.78 is 69.0. The van der Waals surface area contributed by atoms with Gasteiger partial charge in [-0.1, -0.05) is 439 Å². The minimum Gasteiger partial charge on any atom is -0.462 e. The molecule has 0 saturated carbocycles. The lowest BCUT2D eigenvalue weighted by atomic mass is 9.99. The lowest BCUT2D eigenvalue weighted by Crippen LogP contribution is -2.30.